The Labute approximate surface area is 179 Å². The second-order valence-corrected chi connectivity index (χ2v) is 9.20. The Balaban J connectivity index is 1.55. The largest absolute Gasteiger partial charge is 0.486 e. The lowest BCUT2D eigenvalue weighted by atomic mass is 10.2. The molecular weight excluding hydrogens is 420 g/mol. The summed E-state index contributed by atoms with van der Waals surface area (Å²) in [6.45, 7) is 2.26. The number of anilines is 1. The van der Waals surface area contributed by atoms with E-state index in [-0.39, 0.29) is 10.6 Å². The van der Waals surface area contributed by atoms with Crippen LogP contribution in [0.3, 0.4) is 0 Å². The molecule has 1 aliphatic rings. The molecule has 0 fully saturated rings. The quantitative estimate of drug-likeness (QED) is 0.628. The number of benzene rings is 2. The highest BCUT2D eigenvalue weighted by Gasteiger charge is 2.26. The van der Waals surface area contributed by atoms with Gasteiger partial charge in [-0.1, -0.05) is 0 Å². The number of aromatic amines is 1. The lowest BCUT2D eigenvalue weighted by Crippen LogP contribution is -2.35. The molecular formula is C21H20N4O5S. The van der Waals surface area contributed by atoms with Crippen molar-refractivity contribution in [3.63, 3.8) is 0 Å². The number of hydrogen-bond donors (Lipinski definition) is 2. The van der Waals surface area contributed by atoms with Crippen molar-refractivity contribution in [3.8, 4) is 17.6 Å². The fourth-order valence-corrected chi connectivity index (χ4v) is 4.78. The van der Waals surface area contributed by atoms with Crippen LogP contribution in [-0.4, -0.2) is 50.4 Å². The zero-order valence-corrected chi connectivity index (χ0v) is 17.7. The van der Waals surface area contributed by atoms with Crippen molar-refractivity contribution in [3.05, 3.63) is 47.7 Å². The molecule has 9 nitrogen and oxygen atoms in total. The normalized spacial score (nSPS) is 13.2. The molecule has 1 aliphatic heterocycles. The average Bonchev–Trinajstić information content (AvgIpc) is 3.15. The van der Waals surface area contributed by atoms with Crippen molar-refractivity contribution < 1.29 is 22.7 Å². The number of fused-ring (bicyclic) bond motifs is 2. The van der Waals surface area contributed by atoms with Gasteiger partial charge in [0, 0.05) is 24.2 Å². The molecule has 0 saturated carbocycles. The van der Waals surface area contributed by atoms with E-state index >= 15 is 0 Å². The molecule has 0 bridgehead atoms. The van der Waals surface area contributed by atoms with Crippen LogP contribution in [0.5, 0.6) is 11.5 Å². The maximum absolute atomic E-state index is 13.2. The highest BCUT2D eigenvalue weighted by atomic mass is 32.2. The number of amides is 1. The number of carbonyl (C=O) groups excluding carboxylic acids is 1. The third kappa shape index (κ3) is 4.05. The van der Waals surface area contributed by atoms with Crippen LogP contribution in [0.4, 0.5) is 5.69 Å². The fraction of sp³-hybridized carbons (Fsp3) is 0.238. The van der Waals surface area contributed by atoms with Gasteiger partial charge in [-0.15, -0.1) is 0 Å². The first-order chi connectivity index (χ1) is 14.8. The van der Waals surface area contributed by atoms with Crippen LogP contribution in [-0.2, 0) is 14.8 Å². The average molecular weight is 440 g/mol. The van der Waals surface area contributed by atoms with Gasteiger partial charge in [-0.2, -0.15) is 9.57 Å². The lowest BCUT2D eigenvalue weighted by molar-refractivity contribution is -0.116. The summed E-state index contributed by atoms with van der Waals surface area (Å²) >= 11 is 0. The van der Waals surface area contributed by atoms with E-state index in [2.05, 4.69) is 10.3 Å². The van der Waals surface area contributed by atoms with Crippen molar-refractivity contribution in [1.29, 1.82) is 5.26 Å². The molecule has 0 atom stereocenters. The van der Waals surface area contributed by atoms with E-state index in [0.717, 1.165) is 9.87 Å². The van der Waals surface area contributed by atoms with Crippen molar-refractivity contribution in [2.75, 3.05) is 32.1 Å². The molecule has 3 aromatic rings. The lowest BCUT2D eigenvalue weighted by Gasteiger charge is -2.20. The van der Waals surface area contributed by atoms with E-state index < -0.39 is 22.5 Å². The summed E-state index contributed by atoms with van der Waals surface area (Å²) in [5.41, 5.74) is 1.79. The smallest absolute Gasteiger partial charge is 0.245 e. The molecule has 160 valence electrons. The number of ether oxygens (including phenoxy) is 2. The Morgan fingerprint density at radius 2 is 1.94 bits per heavy atom. The second kappa shape index (κ2) is 7.94. The number of sulfonamides is 1. The van der Waals surface area contributed by atoms with Gasteiger partial charge in [0.25, 0.3) is 0 Å². The van der Waals surface area contributed by atoms with Crippen LogP contribution in [0.25, 0.3) is 10.9 Å². The minimum atomic E-state index is -4.00. The number of nitrogens with zero attached hydrogens (tertiary/aromatic N) is 2. The second-order valence-electron chi connectivity index (χ2n) is 7.19. The molecule has 0 saturated heterocycles. The Morgan fingerprint density at radius 1 is 1.19 bits per heavy atom. The molecule has 4 rings (SSSR count). The molecule has 0 radical (unpaired) electrons. The molecule has 2 aromatic carbocycles. The maximum Gasteiger partial charge on any atom is 0.245 e. The van der Waals surface area contributed by atoms with E-state index in [1.165, 1.54) is 13.1 Å². The number of likely N-dealkylation sites (N-methyl/N-ethyl adjacent to an activating group) is 1. The van der Waals surface area contributed by atoms with Crippen LogP contribution >= 0.6 is 0 Å². The predicted octanol–water partition coefficient (Wildman–Crippen LogP) is 2.38. The first-order valence-corrected chi connectivity index (χ1v) is 10.9. The third-order valence-corrected chi connectivity index (χ3v) is 6.66. The van der Waals surface area contributed by atoms with Gasteiger partial charge >= 0.3 is 0 Å². The summed E-state index contributed by atoms with van der Waals surface area (Å²) in [7, 11) is -2.66. The van der Waals surface area contributed by atoms with Gasteiger partial charge in [0.2, 0.25) is 15.9 Å². The molecule has 1 amide bonds. The molecule has 2 heterocycles. The number of carbonyl (C=O) groups is 1. The SMILES string of the molecule is Cc1cc(S(=O)(=O)N(C)CC(=O)Nc2ccc3c(c2)OCCO3)c2[nH]c(C#N)cc2c1. The third-order valence-electron chi connectivity index (χ3n) is 4.84. The summed E-state index contributed by atoms with van der Waals surface area (Å²) < 4.78 is 38.3. The maximum atomic E-state index is 13.2. The number of H-pyrrole nitrogens is 1. The highest BCUT2D eigenvalue weighted by Crippen LogP contribution is 2.32. The minimum Gasteiger partial charge on any atom is -0.486 e. The van der Waals surface area contributed by atoms with E-state index in [4.69, 9.17) is 14.7 Å². The minimum absolute atomic E-state index is 0.0126. The van der Waals surface area contributed by atoms with Crippen LogP contribution < -0.4 is 14.8 Å². The fourth-order valence-electron chi connectivity index (χ4n) is 3.39. The van der Waals surface area contributed by atoms with Crippen molar-refractivity contribution >= 4 is 32.5 Å². The Bertz CT molecular complexity index is 1320. The summed E-state index contributed by atoms with van der Waals surface area (Å²) in [6, 6.07) is 11.9. The molecule has 10 heteroatoms. The van der Waals surface area contributed by atoms with Gasteiger partial charge in [-0.3, -0.25) is 4.79 Å². The van der Waals surface area contributed by atoms with E-state index in [0.29, 0.717) is 41.3 Å². The van der Waals surface area contributed by atoms with Gasteiger partial charge in [0.1, 0.15) is 29.9 Å². The summed E-state index contributed by atoms with van der Waals surface area (Å²) in [5, 5.41) is 12.4. The molecule has 0 aliphatic carbocycles. The van der Waals surface area contributed by atoms with Gasteiger partial charge in [-0.05, 0) is 42.8 Å². The van der Waals surface area contributed by atoms with Gasteiger partial charge in [0.05, 0.1) is 12.1 Å². The first kappa shape index (κ1) is 20.7. The van der Waals surface area contributed by atoms with E-state index in [1.807, 2.05) is 6.07 Å². The number of aromatic nitrogens is 1. The van der Waals surface area contributed by atoms with Crippen LogP contribution in [0, 0.1) is 18.3 Å². The van der Waals surface area contributed by atoms with Gasteiger partial charge < -0.3 is 19.8 Å². The summed E-state index contributed by atoms with van der Waals surface area (Å²) in [5.74, 6) is 0.609. The molecule has 31 heavy (non-hydrogen) atoms. The standard InChI is InChI=1S/C21H20N4O5S/c1-13-7-14-9-16(11-22)24-21(14)19(8-13)31(27,28)25(2)12-20(26)23-15-3-4-17-18(10-15)30-6-5-29-17/h3-4,7-10,24H,5-6,12H2,1-2H3,(H,23,26). The molecule has 2 N–H and O–H groups in total. The zero-order chi connectivity index (χ0) is 22.2. The van der Waals surface area contributed by atoms with E-state index in [1.54, 1.807) is 37.3 Å². The number of aryl methyl sites for hydroxylation is 1. The monoisotopic (exact) mass is 440 g/mol. The van der Waals surface area contributed by atoms with Crippen molar-refractivity contribution in [1.82, 2.24) is 9.29 Å². The van der Waals surface area contributed by atoms with Crippen LogP contribution in [0.15, 0.2) is 41.3 Å². The topological polar surface area (TPSA) is 125 Å². The number of nitrogens with one attached hydrogen (secondary N) is 2. The first-order valence-electron chi connectivity index (χ1n) is 9.47. The summed E-state index contributed by atoms with van der Waals surface area (Å²) in [4.78, 5) is 15.4. The Morgan fingerprint density at radius 3 is 2.68 bits per heavy atom. The summed E-state index contributed by atoms with van der Waals surface area (Å²) in [6.07, 6.45) is 0. The molecule has 1 aromatic heterocycles. The number of rotatable bonds is 5. The van der Waals surface area contributed by atoms with Crippen LogP contribution in [0.1, 0.15) is 11.3 Å². The van der Waals surface area contributed by atoms with Gasteiger partial charge in [-0.25, -0.2) is 8.42 Å². The Hall–Kier alpha value is -3.55. The van der Waals surface area contributed by atoms with E-state index in [9.17, 15) is 13.2 Å². The van der Waals surface area contributed by atoms with Gasteiger partial charge in [0.15, 0.2) is 11.5 Å². The van der Waals surface area contributed by atoms with Crippen LogP contribution in [0.2, 0.25) is 0 Å². The number of hydrogen-bond acceptors (Lipinski definition) is 6. The predicted molar refractivity (Wildman–Crippen MR) is 114 cm³/mol. The zero-order valence-electron chi connectivity index (χ0n) is 16.9. The molecule has 0 unspecified atom stereocenters. The molecule has 0 spiro atoms. The Kier molecular flexibility index (Phi) is 5.31. The van der Waals surface area contributed by atoms with Crippen molar-refractivity contribution in [2.24, 2.45) is 0 Å². The number of nitriles is 1. The highest BCUT2D eigenvalue weighted by molar-refractivity contribution is 7.89. The van der Waals surface area contributed by atoms with Crippen molar-refractivity contribution in [2.45, 2.75) is 11.8 Å².